The van der Waals surface area contributed by atoms with Crippen LogP contribution >= 0.6 is 34.9 Å². The van der Waals surface area contributed by atoms with Crippen LogP contribution in [0.15, 0.2) is 26.4 Å². The lowest BCUT2D eigenvalue weighted by atomic mass is 10.2. The number of amides is 1. The fourth-order valence-electron chi connectivity index (χ4n) is 2.39. The van der Waals surface area contributed by atoms with Crippen molar-refractivity contribution in [1.82, 2.24) is 14.5 Å². The lowest BCUT2D eigenvalue weighted by Crippen LogP contribution is -2.27. The van der Waals surface area contributed by atoms with Gasteiger partial charge in [0, 0.05) is 30.4 Å². The van der Waals surface area contributed by atoms with Gasteiger partial charge in [0.05, 0.1) is 29.5 Å². The molecule has 0 saturated carbocycles. The number of nitrogens with zero attached hydrogens (tertiary/aromatic N) is 3. The zero-order valence-corrected chi connectivity index (χ0v) is 16.3. The Morgan fingerprint density at radius 2 is 2.40 bits per heavy atom. The first-order valence-corrected chi connectivity index (χ1v) is 10.4. The summed E-state index contributed by atoms with van der Waals surface area (Å²) in [5.41, 5.74) is 0.790. The van der Waals surface area contributed by atoms with E-state index in [4.69, 9.17) is 4.74 Å². The molecule has 1 aliphatic rings. The Balaban J connectivity index is 1.77. The van der Waals surface area contributed by atoms with E-state index in [1.54, 1.807) is 35.0 Å². The van der Waals surface area contributed by atoms with Crippen LogP contribution in [0.1, 0.15) is 12.6 Å². The third-order valence-corrected chi connectivity index (χ3v) is 6.37. The van der Waals surface area contributed by atoms with Crippen LogP contribution in [0.25, 0.3) is 0 Å². The molecule has 0 fully saturated rings. The van der Waals surface area contributed by atoms with Gasteiger partial charge in [-0.3, -0.25) is 14.2 Å². The molecule has 0 aliphatic carbocycles. The van der Waals surface area contributed by atoms with Crippen LogP contribution in [0, 0.1) is 0 Å². The van der Waals surface area contributed by atoms with Gasteiger partial charge in [0.2, 0.25) is 5.91 Å². The van der Waals surface area contributed by atoms with Crippen LogP contribution < -0.4 is 10.9 Å². The van der Waals surface area contributed by atoms with E-state index in [-0.39, 0.29) is 17.2 Å². The Hall–Kier alpha value is -1.36. The number of aromatic nitrogens is 3. The zero-order valence-electron chi connectivity index (χ0n) is 13.9. The second-order valence-corrected chi connectivity index (χ2v) is 8.71. The van der Waals surface area contributed by atoms with Gasteiger partial charge < -0.3 is 10.1 Å². The zero-order chi connectivity index (χ0) is 17.8. The molecule has 1 aliphatic heterocycles. The van der Waals surface area contributed by atoms with Crippen LogP contribution in [0.2, 0.25) is 0 Å². The number of ether oxygens (including phenoxy) is 1. The molecule has 3 rings (SSSR count). The fourth-order valence-corrected chi connectivity index (χ4v) is 4.89. The number of fused-ring (bicyclic) bond motifs is 1. The van der Waals surface area contributed by atoms with Crippen molar-refractivity contribution >= 4 is 45.9 Å². The Kier molecular flexibility index (Phi) is 6.15. The van der Waals surface area contributed by atoms with E-state index in [9.17, 15) is 9.59 Å². The number of hydrogen-bond acceptors (Lipinski definition) is 8. The molecule has 1 atom stereocenters. The molecule has 0 aromatic carbocycles. The molecule has 0 radical (unpaired) electrons. The van der Waals surface area contributed by atoms with Crippen molar-refractivity contribution < 1.29 is 9.53 Å². The van der Waals surface area contributed by atoms with Crippen LogP contribution in [0.4, 0.5) is 5.13 Å². The first-order valence-electron chi connectivity index (χ1n) is 7.70. The molecule has 0 saturated heterocycles. The van der Waals surface area contributed by atoms with Crippen LogP contribution in [-0.2, 0) is 22.5 Å². The van der Waals surface area contributed by atoms with Gasteiger partial charge in [-0.05, 0) is 0 Å². The number of carbonyl (C=O) groups is 1. The number of hydrogen-bond donors (Lipinski definition) is 1. The van der Waals surface area contributed by atoms with E-state index >= 15 is 0 Å². The Morgan fingerprint density at radius 3 is 3.12 bits per heavy atom. The topological polar surface area (TPSA) is 86.1 Å². The highest BCUT2D eigenvalue weighted by Crippen LogP contribution is 2.34. The highest BCUT2D eigenvalue weighted by Gasteiger charge is 2.26. The number of nitrogens with one attached hydrogen (secondary N) is 1. The van der Waals surface area contributed by atoms with Crippen molar-refractivity contribution in [3.8, 4) is 0 Å². The Bertz CT molecular complexity index is 807. The van der Waals surface area contributed by atoms with Crippen LogP contribution in [0.3, 0.4) is 0 Å². The SMILES string of the molecule is COCCn1c(SCC(=O)Nc2nccs2)nc2c(c1=O)S[C@H](C)C2. The number of carbonyl (C=O) groups excluding carboxylic acids is 1. The molecule has 0 bridgehead atoms. The molecule has 134 valence electrons. The van der Waals surface area contributed by atoms with E-state index in [0.717, 1.165) is 17.0 Å². The quantitative estimate of drug-likeness (QED) is 0.565. The highest BCUT2D eigenvalue weighted by atomic mass is 32.2. The van der Waals surface area contributed by atoms with Crippen molar-refractivity contribution in [2.24, 2.45) is 0 Å². The van der Waals surface area contributed by atoms with Crippen LogP contribution in [-0.4, -0.2) is 45.2 Å². The summed E-state index contributed by atoms with van der Waals surface area (Å²) in [7, 11) is 1.59. The summed E-state index contributed by atoms with van der Waals surface area (Å²) in [5, 5.41) is 6.00. The summed E-state index contributed by atoms with van der Waals surface area (Å²) in [4.78, 5) is 34.2. The smallest absolute Gasteiger partial charge is 0.268 e. The second-order valence-electron chi connectivity index (χ2n) is 5.43. The van der Waals surface area contributed by atoms with Gasteiger partial charge in [-0.15, -0.1) is 23.1 Å². The minimum atomic E-state index is -0.171. The van der Waals surface area contributed by atoms with Crippen molar-refractivity contribution in [2.45, 2.75) is 35.2 Å². The standard InChI is InChI=1S/C15H18N4O3S3/c1-9-7-10-12(25-9)13(21)19(4-5-22-2)15(17-10)24-8-11(20)18-14-16-3-6-23-14/h3,6,9H,4-5,7-8H2,1-2H3,(H,16,18,20)/t9-/m1/s1. The van der Waals surface area contributed by atoms with E-state index in [2.05, 4.69) is 22.2 Å². The number of rotatable bonds is 7. The molecule has 25 heavy (non-hydrogen) atoms. The van der Waals surface area contributed by atoms with Gasteiger partial charge in [-0.2, -0.15) is 0 Å². The highest BCUT2D eigenvalue weighted by molar-refractivity contribution is 8.00. The molecule has 2 aromatic heterocycles. The number of methoxy groups -OCH3 is 1. The number of anilines is 1. The average Bonchev–Trinajstić information content (AvgIpc) is 3.21. The molecule has 10 heteroatoms. The molecule has 0 spiro atoms. The van der Waals surface area contributed by atoms with Gasteiger partial charge in [0.1, 0.15) is 0 Å². The summed E-state index contributed by atoms with van der Waals surface area (Å²) in [5.74, 6) is -0.00347. The normalized spacial score (nSPS) is 16.0. The average molecular weight is 399 g/mol. The lowest BCUT2D eigenvalue weighted by Gasteiger charge is -2.13. The first-order chi connectivity index (χ1) is 12.1. The molecule has 2 aromatic rings. The van der Waals surface area contributed by atoms with Crippen molar-refractivity contribution in [2.75, 3.05) is 24.8 Å². The monoisotopic (exact) mass is 398 g/mol. The molecule has 3 heterocycles. The van der Waals surface area contributed by atoms with E-state index in [0.29, 0.717) is 28.7 Å². The fraction of sp³-hybridized carbons (Fsp3) is 0.467. The van der Waals surface area contributed by atoms with Gasteiger partial charge in [0.15, 0.2) is 10.3 Å². The predicted octanol–water partition coefficient (Wildman–Crippen LogP) is 2.11. The summed E-state index contributed by atoms with van der Waals surface area (Å²) in [6.07, 6.45) is 2.41. The number of thiazole rings is 1. The number of thioether (sulfide) groups is 2. The Morgan fingerprint density at radius 1 is 1.56 bits per heavy atom. The van der Waals surface area contributed by atoms with Crippen LogP contribution in [0.5, 0.6) is 0 Å². The maximum absolute atomic E-state index is 12.8. The van der Waals surface area contributed by atoms with E-state index in [1.807, 2.05) is 0 Å². The summed E-state index contributed by atoms with van der Waals surface area (Å²) in [6, 6.07) is 0. The lowest BCUT2D eigenvalue weighted by molar-refractivity contribution is -0.113. The summed E-state index contributed by atoms with van der Waals surface area (Å²) < 4.78 is 6.71. The maximum atomic E-state index is 12.8. The van der Waals surface area contributed by atoms with Gasteiger partial charge in [0.25, 0.3) is 5.56 Å². The minimum Gasteiger partial charge on any atom is -0.383 e. The van der Waals surface area contributed by atoms with E-state index < -0.39 is 0 Å². The Labute approximate surface area is 157 Å². The van der Waals surface area contributed by atoms with Crippen molar-refractivity contribution in [3.63, 3.8) is 0 Å². The van der Waals surface area contributed by atoms with E-state index in [1.165, 1.54) is 23.1 Å². The van der Waals surface area contributed by atoms with Crippen molar-refractivity contribution in [1.29, 1.82) is 0 Å². The van der Waals surface area contributed by atoms with Gasteiger partial charge in [-0.25, -0.2) is 9.97 Å². The predicted molar refractivity (Wildman–Crippen MR) is 101 cm³/mol. The maximum Gasteiger partial charge on any atom is 0.268 e. The molecule has 0 unspecified atom stereocenters. The van der Waals surface area contributed by atoms with Crippen molar-refractivity contribution in [3.05, 3.63) is 27.6 Å². The summed E-state index contributed by atoms with van der Waals surface area (Å²) in [6.45, 7) is 2.92. The minimum absolute atomic E-state index is 0.0424. The first kappa shape index (κ1) is 18.4. The third-order valence-electron chi connectivity index (χ3n) is 3.49. The molecule has 1 amide bonds. The molecular formula is C15H18N4O3S3. The summed E-state index contributed by atoms with van der Waals surface area (Å²) >= 11 is 4.19. The molecule has 7 nitrogen and oxygen atoms in total. The van der Waals surface area contributed by atoms with Gasteiger partial charge >= 0.3 is 0 Å². The second kappa shape index (κ2) is 8.35. The molecule has 1 N–H and O–H groups in total. The molecular weight excluding hydrogens is 380 g/mol. The van der Waals surface area contributed by atoms with Gasteiger partial charge in [-0.1, -0.05) is 18.7 Å². The largest absolute Gasteiger partial charge is 0.383 e. The third kappa shape index (κ3) is 4.43.